The molecule has 0 atom stereocenters. The van der Waals surface area contributed by atoms with Crippen molar-refractivity contribution >= 4 is 13.7 Å². The van der Waals surface area contributed by atoms with Crippen LogP contribution in [-0.4, -0.2) is 32.9 Å². The van der Waals surface area contributed by atoms with Crippen molar-refractivity contribution in [3.8, 4) is 0 Å². The molecule has 0 N–H and O–H groups in total. The molecular formula is C16H28FGeO3. The topological polar surface area (TPSA) is 38.4 Å². The normalized spacial score (nSPS) is 16.1. The van der Waals surface area contributed by atoms with Crippen LogP contribution in [0.25, 0.3) is 0 Å². The molecule has 0 heterocycles. The first kappa shape index (κ1) is 18.9. The molecule has 21 heavy (non-hydrogen) atoms. The van der Waals surface area contributed by atoms with Gasteiger partial charge in [0.2, 0.25) is 0 Å². The van der Waals surface area contributed by atoms with Crippen LogP contribution in [0.15, 0.2) is 22.1 Å². The third-order valence-corrected chi connectivity index (χ3v) is 7.23. The van der Waals surface area contributed by atoms with Crippen LogP contribution in [0.2, 0.25) is 11.5 Å². The van der Waals surface area contributed by atoms with Gasteiger partial charge in [-0.05, 0) is 0 Å². The average molecular weight is 360 g/mol. The Labute approximate surface area is 131 Å². The second-order valence-corrected chi connectivity index (χ2v) is 13.3. The van der Waals surface area contributed by atoms with E-state index in [1.54, 1.807) is 11.5 Å². The second kappa shape index (κ2) is 8.46. The van der Waals surface area contributed by atoms with Crippen LogP contribution >= 0.6 is 0 Å². The van der Waals surface area contributed by atoms with Crippen molar-refractivity contribution in [2.45, 2.75) is 63.4 Å². The zero-order chi connectivity index (χ0) is 15.9. The summed E-state index contributed by atoms with van der Waals surface area (Å²) >= 11 is -3.33. The van der Waals surface area contributed by atoms with Crippen molar-refractivity contribution < 1.29 is 18.1 Å². The third kappa shape index (κ3) is 6.22. The Morgan fingerprint density at radius 2 is 1.81 bits per heavy atom. The van der Waals surface area contributed by atoms with E-state index in [0.717, 1.165) is 29.2 Å². The second-order valence-electron chi connectivity index (χ2n) is 5.98. The Balaban J connectivity index is 2.68. The van der Waals surface area contributed by atoms with Crippen molar-refractivity contribution in [3.63, 3.8) is 0 Å². The predicted octanol–water partition coefficient (Wildman–Crippen LogP) is 4.67. The van der Waals surface area contributed by atoms with E-state index in [2.05, 4.69) is 0 Å². The van der Waals surface area contributed by atoms with Gasteiger partial charge < -0.3 is 0 Å². The van der Waals surface area contributed by atoms with Gasteiger partial charge in [-0.25, -0.2) is 0 Å². The van der Waals surface area contributed by atoms with Gasteiger partial charge in [-0.2, -0.15) is 0 Å². The van der Waals surface area contributed by atoms with Crippen LogP contribution in [-0.2, 0) is 14.6 Å². The predicted molar refractivity (Wildman–Crippen MR) is 84.5 cm³/mol. The summed E-state index contributed by atoms with van der Waals surface area (Å²) in [5, 5.41) is 12.6. The molecule has 121 valence electrons. The molecule has 0 saturated heterocycles. The first-order valence-electron chi connectivity index (χ1n) is 7.88. The minimum atomic E-state index is -3.33. The van der Waals surface area contributed by atoms with E-state index in [9.17, 15) is 8.61 Å². The average Bonchev–Trinajstić information content (AvgIpc) is 2.89. The molecule has 5 heteroatoms. The molecule has 1 rings (SSSR count). The molecule has 0 amide bonds. The molecule has 0 unspecified atom stereocenters. The zero-order valence-electron chi connectivity index (χ0n) is 13.7. The number of hydrogen-bond donors (Lipinski definition) is 0. The summed E-state index contributed by atoms with van der Waals surface area (Å²) in [5.74, 6) is 1.67. The first-order chi connectivity index (χ1) is 9.82. The molecule has 0 aromatic rings. The molecule has 1 aliphatic carbocycles. The Morgan fingerprint density at radius 1 is 1.24 bits per heavy atom. The van der Waals surface area contributed by atoms with E-state index in [4.69, 9.17) is 9.47 Å². The molecule has 0 saturated carbocycles. The maximum atomic E-state index is 14.3. The Morgan fingerprint density at radius 3 is 2.29 bits per heavy atom. The van der Waals surface area contributed by atoms with Gasteiger partial charge in [-0.3, -0.25) is 0 Å². The Bertz CT molecular complexity index is 377. The molecular weight excluding hydrogens is 332 g/mol. The maximum absolute atomic E-state index is 14.3. The van der Waals surface area contributed by atoms with Gasteiger partial charge in [-0.15, -0.1) is 0 Å². The SMILES string of the molecule is CCCOC([O])(CCC1=[C]([Ge]([CH3])([CH3])[F])C=CC1)OCCC. The van der Waals surface area contributed by atoms with Crippen LogP contribution in [0.3, 0.4) is 0 Å². The summed E-state index contributed by atoms with van der Waals surface area (Å²) in [6.45, 7) is 4.70. The summed E-state index contributed by atoms with van der Waals surface area (Å²) in [7, 11) is 0. The van der Waals surface area contributed by atoms with Crippen LogP contribution in [0, 0.1) is 0 Å². The van der Waals surface area contributed by atoms with Gasteiger partial charge >= 0.3 is 131 Å². The van der Waals surface area contributed by atoms with E-state index in [0.29, 0.717) is 19.6 Å². The van der Waals surface area contributed by atoms with Crippen molar-refractivity contribution in [1.82, 2.24) is 0 Å². The fourth-order valence-corrected chi connectivity index (χ4v) is 5.73. The summed E-state index contributed by atoms with van der Waals surface area (Å²) in [4.78, 5) is 0. The number of hydrogen-bond acceptors (Lipinski definition) is 2. The van der Waals surface area contributed by atoms with Crippen LogP contribution in [0.4, 0.5) is 3.50 Å². The van der Waals surface area contributed by atoms with Gasteiger partial charge in [0.1, 0.15) is 0 Å². The van der Waals surface area contributed by atoms with Crippen LogP contribution in [0.5, 0.6) is 0 Å². The zero-order valence-corrected chi connectivity index (χ0v) is 15.8. The Kier molecular flexibility index (Phi) is 7.61. The third-order valence-electron chi connectivity index (χ3n) is 3.46. The molecule has 0 aromatic heterocycles. The van der Waals surface area contributed by atoms with Crippen molar-refractivity contribution in [2.75, 3.05) is 13.2 Å². The monoisotopic (exact) mass is 361 g/mol. The molecule has 0 fully saturated rings. The number of rotatable bonds is 10. The van der Waals surface area contributed by atoms with E-state index >= 15 is 0 Å². The minimum absolute atomic E-state index is 0.242. The molecule has 0 bridgehead atoms. The molecule has 3 nitrogen and oxygen atoms in total. The van der Waals surface area contributed by atoms with E-state index in [1.165, 1.54) is 0 Å². The Hall–Kier alpha value is -0.167. The number of allylic oxidation sites excluding steroid dienone is 4. The van der Waals surface area contributed by atoms with E-state index in [-0.39, 0.29) is 6.42 Å². The van der Waals surface area contributed by atoms with Gasteiger partial charge in [0.15, 0.2) is 0 Å². The van der Waals surface area contributed by atoms with Gasteiger partial charge in [0.05, 0.1) is 0 Å². The number of ether oxygens (including phenoxy) is 2. The van der Waals surface area contributed by atoms with Crippen molar-refractivity contribution in [3.05, 3.63) is 22.1 Å². The van der Waals surface area contributed by atoms with Gasteiger partial charge in [0.25, 0.3) is 0 Å². The fraction of sp³-hybridized carbons (Fsp3) is 0.750. The number of halogens is 1. The summed E-state index contributed by atoms with van der Waals surface area (Å²) in [6, 6.07) is 0. The molecule has 0 aromatic carbocycles. The van der Waals surface area contributed by atoms with Crippen molar-refractivity contribution in [1.29, 1.82) is 0 Å². The van der Waals surface area contributed by atoms with Crippen LogP contribution < -0.4 is 0 Å². The quantitative estimate of drug-likeness (QED) is 0.419. The fourth-order valence-electron chi connectivity index (χ4n) is 2.41. The molecule has 1 radical (unpaired) electrons. The molecule has 0 spiro atoms. The summed E-state index contributed by atoms with van der Waals surface area (Å²) < 4.78 is 25.9. The van der Waals surface area contributed by atoms with Gasteiger partial charge in [0, 0.05) is 0 Å². The molecule has 1 aliphatic rings. The van der Waals surface area contributed by atoms with Gasteiger partial charge in [-0.1, -0.05) is 0 Å². The summed E-state index contributed by atoms with van der Waals surface area (Å²) in [5.41, 5.74) is 1.06. The van der Waals surface area contributed by atoms with Crippen LogP contribution in [0.1, 0.15) is 46.0 Å². The van der Waals surface area contributed by atoms with E-state index in [1.807, 2.05) is 26.0 Å². The van der Waals surface area contributed by atoms with Crippen molar-refractivity contribution in [2.24, 2.45) is 0 Å². The first-order valence-corrected chi connectivity index (χ1v) is 13.9. The molecule has 0 aliphatic heterocycles. The standard InChI is InChI=1S/C16H28FGeO3/c1-5-12-20-16(19,21-13-6-2)11-10-14-8-7-9-15(14)18(3,4)17/h7,9H,5-6,8,10-13H2,1-4H3. The van der Waals surface area contributed by atoms with E-state index < -0.39 is 19.7 Å². The summed E-state index contributed by atoms with van der Waals surface area (Å²) in [6.07, 6.45) is 7.00.